The average Bonchev–Trinajstić information content (AvgIpc) is 3.28. The number of hydrogen-bond donors (Lipinski definition) is 2. The molecule has 1 unspecified atom stereocenters. The summed E-state index contributed by atoms with van der Waals surface area (Å²) in [4.78, 5) is 14.6. The van der Waals surface area contributed by atoms with Crippen LogP contribution < -0.4 is 5.32 Å². The molecule has 1 aromatic heterocycles. The maximum atomic E-state index is 11.0. The van der Waals surface area contributed by atoms with Crippen LogP contribution in [-0.2, 0) is 0 Å². The number of nitro benzene ring substituents is 1. The summed E-state index contributed by atoms with van der Waals surface area (Å²) in [7, 11) is 0. The second-order valence-corrected chi connectivity index (χ2v) is 5.10. The largest absolute Gasteiger partial charge is 0.391 e. The predicted molar refractivity (Wildman–Crippen MR) is 75.6 cm³/mol. The van der Waals surface area contributed by atoms with Gasteiger partial charge in [-0.2, -0.15) is 0 Å². The van der Waals surface area contributed by atoms with E-state index in [-0.39, 0.29) is 11.8 Å². The monoisotopic (exact) mass is 273 g/mol. The molecule has 1 aromatic carbocycles. The van der Waals surface area contributed by atoms with Gasteiger partial charge in [0.25, 0.3) is 5.69 Å². The minimum Gasteiger partial charge on any atom is -0.391 e. The molecule has 1 heterocycles. The number of hydrogen-bond acceptors (Lipinski definition) is 5. The van der Waals surface area contributed by atoms with Crippen molar-refractivity contribution in [2.24, 2.45) is 5.92 Å². The van der Waals surface area contributed by atoms with Crippen molar-refractivity contribution in [3.63, 3.8) is 0 Å². The summed E-state index contributed by atoms with van der Waals surface area (Å²) in [5.74, 6) is 0.393. The molecule has 1 aliphatic rings. The Labute approximate surface area is 115 Å². The number of aromatic nitrogens is 1. The molecule has 3 rings (SSSR count). The average molecular weight is 273 g/mol. The molecule has 6 nitrogen and oxygen atoms in total. The van der Waals surface area contributed by atoms with Gasteiger partial charge in [-0.25, -0.2) is 0 Å². The Morgan fingerprint density at radius 1 is 1.40 bits per heavy atom. The number of aliphatic hydroxyl groups excluding tert-OH is 1. The van der Waals surface area contributed by atoms with Crippen LogP contribution in [0.15, 0.2) is 30.6 Å². The van der Waals surface area contributed by atoms with Gasteiger partial charge in [0.2, 0.25) is 0 Å². The maximum Gasteiger partial charge on any atom is 0.277 e. The Bertz CT molecular complexity index is 655. The van der Waals surface area contributed by atoms with Gasteiger partial charge in [-0.1, -0.05) is 0 Å². The van der Waals surface area contributed by atoms with E-state index in [1.165, 1.54) is 12.3 Å². The fourth-order valence-electron chi connectivity index (χ4n) is 2.35. The zero-order valence-electron chi connectivity index (χ0n) is 10.8. The molecule has 6 heteroatoms. The minimum absolute atomic E-state index is 0.0655. The van der Waals surface area contributed by atoms with Gasteiger partial charge in [-0.05, 0) is 30.9 Å². The van der Waals surface area contributed by atoms with Crippen LogP contribution in [0.3, 0.4) is 0 Å². The molecule has 0 bridgehead atoms. The summed E-state index contributed by atoms with van der Waals surface area (Å²) in [5, 5.41) is 25.3. The Balaban J connectivity index is 1.91. The number of benzene rings is 1. The molecule has 1 saturated carbocycles. The Morgan fingerprint density at radius 2 is 2.20 bits per heavy atom. The first-order valence-corrected chi connectivity index (χ1v) is 6.60. The van der Waals surface area contributed by atoms with Crippen LogP contribution in [0.4, 0.5) is 11.4 Å². The lowest BCUT2D eigenvalue weighted by Gasteiger charge is -2.13. The van der Waals surface area contributed by atoms with Crippen molar-refractivity contribution in [1.29, 1.82) is 0 Å². The van der Waals surface area contributed by atoms with Crippen LogP contribution in [0, 0.1) is 16.0 Å². The number of rotatable bonds is 5. The fraction of sp³-hybridized carbons (Fsp3) is 0.357. The van der Waals surface area contributed by atoms with E-state index in [0.29, 0.717) is 23.2 Å². The molecular formula is C14H15N3O3. The van der Waals surface area contributed by atoms with Gasteiger partial charge < -0.3 is 10.4 Å². The zero-order chi connectivity index (χ0) is 14.1. The highest BCUT2D eigenvalue weighted by Gasteiger charge is 2.29. The van der Waals surface area contributed by atoms with Crippen molar-refractivity contribution in [2.45, 2.75) is 18.9 Å². The van der Waals surface area contributed by atoms with Gasteiger partial charge in [-0.15, -0.1) is 0 Å². The third-order valence-corrected chi connectivity index (χ3v) is 3.66. The number of nitrogens with zero attached hydrogens (tertiary/aromatic N) is 2. The van der Waals surface area contributed by atoms with Gasteiger partial charge >= 0.3 is 0 Å². The van der Waals surface area contributed by atoms with E-state index in [4.69, 9.17) is 0 Å². The second kappa shape index (κ2) is 5.05. The van der Waals surface area contributed by atoms with Crippen LogP contribution >= 0.6 is 0 Å². The van der Waals surface area contributed by atoms with E-state index in [0.717, 1.165) is 18.5 Å². The first kappa shape index (κ1) is 12.8. The molecule has 0 saturated heterocycles. The lowest BCUT2D eigenvalue weighted by molar-refractivity contribution is -0.383. The third kappa shape index (κ3) is 2.42. The lowest BCUT2D eigenvalue weighted by Crippen LogP contribution is -2.21. The number of nitrogens with one attached hydrogen (secondary N) is 1. The normalized spacial score (nSPS) is 16.1. The van der Waals surface area contributed by atoms with Crippen molar-refractivity contribution >= 4 is 22.1 Å². The molecule has 1 aliphatic carbocycles. The number of anilines is 1. The Hall–Kier alpha value is -2.21. The molecule has 104 valence electrons. The summed E-state index contributed by atoms with van der Waals surface area (Å²) in [6, 6.07) is 4.78. The van der Waals surface area contributed by atoms with Crippen molar-refractivity contribution in [1.82, 2.24) is 4.98 Å². The molecule has 1 atom stereocenters. The van der Waals surface area contributed by atoms with Gasteiger partial charge in [0.05, 0.1) is 16.4 Å². The number of pyridine rings is 1. The molecule has 1 fully saturated rings. The van der Waals surface area contributed by atoms with E-state index in [1.807, 2.05) is 0 Å². The molecule has 20 heavy (non-hydrogen) atoms. The highest BCUT2D eigenvalue weighted by atomic mass is 16.6. The molecule has 2 N–H and O–H groups in total. The summed E-state index contributed by atoms with van der Waals surface area (Å²) in [6.45, 7) is 0.451. The van der Waals surface area contributed by atoms with E-state index >= 15 is 0 Å². The smallest absolute Gasteiger partial charge is 0.277 e. The topological polar surface area (TPSA) is 88.3 Å². The Morgan fingerprint density at radius 3 is 2.90 bits per heavy atom. The maximum absolute atomic E-state index is 11.0. The predicted octanol–water partition coefficient (Wildman–Crippen LogP) is 2.33. The summed E-state index contributed by atoms with van der Waals surface area (Å²) < 4.78 is 0. The lowest BCUT2D eigenvalue weighted by atomic mass is 10.1. The number of nitro groups is 1. The SMILES string of the molecule is O=[N+]([O-])c1ccc(NCC(O)C2CC2)c2cnccc12. The highest BCUT2D eigenvalue weighted by Crippen LogP contribution is 2.34. The van der Waals surface area contributed by atoms with Crippen molar-refractivity contribution in [3.8, 4) is 0 Å². The van der Waals surface area contributed by atoms with Crippen molar-refractivity contribution < 1.29 is 10.0 Å². The van der Waals surface area contributed by atoms with Gasteiger partial charge in [0.15, 0.2) is 0 Å². The number of fused-ring (bicyclic) bond motifs is 1. The van der Waals surface area contributed by atoms with Gasteiger partial charge in [0.1, 0.15) is 0 Å². The molecule has 0 aliphatic heterocycles. The fourth-order valence-corrected chi connectivity index (χ4v) is 2.35. The van der Waals surface area contributed by atoms with Crippen molar-refractivity contribution in [3.05, 3.63) is 40.7 Å². The van der Waals surface area contributed by atoms with Crippen LogP contribution in [0.25, 0.3) is 10.8 Å². The number of non-ortho nitro benzene ring substituents is 1. The minimum atomic E-state index is -0.398. The first-order chi connectivity index (χ1) is 9.66. The van der Waals surface area contributed by atoms with Gasteiger partial charge in [-0.3, -0.25) is 15.1 Å². The van der Waals surface area contributed by atoms with Gasteiger partial charge in [0, 0.05) is 36.1 Å². The molecule has 0 radical (unpaired) electrons. The zero-order valence-corrected chi connectivity index (χ0v) is 10.8. The highest BCUT2D eigenvalue weighted by molar-refractivity contribution is 5.99. The van der Waals surface area contributed by atoms with Crippen LogP contribution in [0.2, 0.25) is 0 Å². The summed E-state index contributed by atoms with van der Waals surface area (Å²) >= 11 is 0. The Kier molecular flexibility index (Phi) is 3.23. The number of aliphatic hydroxyl groups is 1. The molecule has 0 spiro atoms. The van der Waals surface area contributed by atoms with E-state index < -0.39 is 4.92 Å². The quantitative estimate of drug-likeness (QED) is 0.644. The van der Waals surface area contributed by atoms with Crippen LogP contribution in [0.1, 0.15) is 12.8 Å². The second-order valence-electron chi connectivity index (χ2n) is 5.10. The van der Waals surface area contributed by atoms with E-state index in [1.54, 1.807) is 18.3 Å². The van der Waals surface area contributed by atoms with Crippen molar-refractivity contribution in [2.75, 3.05) is 11.9 Å². The standard InChI is InChI=1S/C14H15N3O3/c18-14(9-1-2-9)8-16-12-3-4-13(17(19)20)10-5-6-15-7-11(10)12/h3-7,9,14,16,18H,1-2,8H2. The van der Waals surface area contributed by atoms with E-state index in [9.17, 15) is 15.2 Å². The third-order valence-electron chi connectivity index (χ3n) is 3.66. The van der Waals surface area contributed by atoms with Crippen LogP contribution in [-0.4, -0.2) is 27.7 Å². The first-order valence-electron chi connectivity index (χ1n) is 6.60. The summed E-state index contributed by atoms with van der Waals surface area (Å²) in [5.41, 5.74) is 0.828. The molecule has 0 amide bonds. The molecular weight excluding hydrogens is 258 g/mol. The van der Waals surface area contributed by atoms with Crippen LogP contribution in [0.5, 0.6) is 0 Å². The summed E-state index contributed by atoms with van der Waals surface area (Å²) in [6.07, 6.45) is 4.93. The van der Waals surface area contributed by atoms with E-state index in [2.05, 4.69) is 10.3 Å². The molecule has 2 aromatic rings.